The van der Waals surface area contributed by atoms with Gasteiger partial charge in [-0.1, -0.05) is 41.4 Å². The molecule has 0 bridgehead atoms. The number of piperazine rings is 1. The molecule has 0 saturated carbocycles. The number of thiazole rings is 1. The van der Waals surface area contributed by atoms with Gasteiger partial charge < -0.3 is 4.90 Å². The lowest BCUT2D eigenvalue weighted by Gasteiger charge is -2.35. The second kappa shape index (κ2) is 7.78. The van der Waals surface area contributed by atoms with Crippen molar-refractivity contribution in [2.75, 3.05) is 31.1 Å². The highest BCUT2D eigenvalue weighted by molar-refractivity contribution is 7.13. The Balaban J connectivity index is 1.36. The molecule has 2 aromatic carbocycles. The Morgan fingerprint density at radius 1 is 1.04 bits per heavy atom. The van der Waals surface area contributed by atoms with Crippen molar-refractivity contribution >= 4 is 28.6 Å². The van der Waals surface area contributed by atoms with Crippen molar-refractivity contribution < 1.29 is 0 Å². The zero-order valence-corrected chi connectivity index (χ0v) is 16.4. The lowest BCUT2D eigenvalue weighted by atomic mass is 10.1. The summed E-state index contributed by atoms with van der Waals surface area (Å²) in [6.45, 7) is 7.18. The zero-order chi connectivity index (χ0) is 17.9. The maximum Gasteiger partial charge on any atom is 0.123 e. The highest BCUT2D eigenvalue weighted by Gasteiger charge is 2.18. The first-order valence-electron chi connectivity index (χ1n) is 8.92. The molecule has 2 heterocycles. The lowest BCUT2D eigenvalue weighted by Crippen LogP contribution is -2.46. The van der Waals surface area contributed by atoms with E-state index >= 15 is 0 Å². The molecule has 1 aromatic heterocycles. The second-order valence-corrected chi connectivity index (χ2v) is 8.05. The third-order valence-corrected chi connectivity index (χ3v) is 5.92. The summed E-state index contributed by atoms with van der Waals surface area (Å²) in [6, 6.07) is 16.7. The van der Waals surface area contributed by atoms with Crippen LogP contribution >= 0.6 is 22.9 Å². The first-order chi connectivity index (χ1) is 12.7. The van der Waals surface area contributed by atoms with E-state index in [2.05, 4.69) is 52.4 Å². The third-order valence-electron chi connectivity index (χ3n) is 4.75. The van der Waals surface area contributed by atoms with E-state index in [1.807, 2.05) is 18.2 Å². The van der Waals surface area contributed by atoms with Gasteiger partial charge in [-0.05, 0) is 31.2 Å². The summed E-state index contributed by atoms with van der Waals surface area (Å²) in [5.41, 5.74) is 4.87. The standard InChI is InChI=1S/C21H22ClN3S/c1-16-4-2-5-17(12-16)21-23-19(15-26-21)14-24-8-10-25(11-9-24)20-7-3-6-18(22)13-20/h2-7,12-13,15H,8-11,14H2,1H3. The van der Waals surface area contributed by atoms with Crippen LogP contribution in [0.15, 0.2) is 53.9 Å². The number of halogens is 1. The van der Waals surface area contributed by atoms with Gasteiger partial charge in [0.25, 0.3) is 0 Å². The molecule has 4 rings (SSSR count). The second-order valence-electron chi connectivity index (χ2n) is 6.76. The van der Waals surface area contributed by atoms with E-state index in [-0.39, 0.29) is 0 Å². The largest absolute Gasteiger partial charge is 0.369 e. The van der Waals surface area contributed by atoms with E-state index in [0.717, 1.165) is 42.8 Å². The van der Waals surface area contributed by atoms with Crippen molar-refractivity contribution in [3.05, 3.63) is 70.2 Å². The van der Waals surface area contributed by atoms with E-state index in [1.165, 1.54) is 22.5 Å². The molecule has 134 valence electrons. The Morgan fingerprint density at radius 2 is 1.85 bits per heavy atom. The molecule has 0 atom stereocenters. The van der Waals surface area contributed by atoms with Crippen molar-refractivity contribution in [3.8, 4) is 10.6 Å². The van der Waals surface area contributed by atoms with E-state index in [0.29, 0.717) is 0 Å². The van der Waals surface area contributed by atoms with E-state index in [4.69, 9.17) is 16.6 Å². The van der Waals surface area contributed by atoms with E-state index in [1.54, 1.807) is 11.3 Å². The summed E-state index contributed by atoms with van der Waals surface area (Å²) in [4.78, 5) is 9.74. The number of anilines is 1. The molecule has 5 heteroatoms. The van der Waals surface area contributed by atoms with Crippen LogP contribution < -0.4 is 4.90 Å². The minimum atomic E-state index is 0.802. The number of nitrogens with zero attached hydrogens (tertiary/aromatic N) is 3. The van der Waals surface area contributed by atoms with Crippen molar-refractivity contribution in [2.45, 2.75) is 13.5 Å². The van der Waals surface area contributed by atoms with Crippen LogP contribution in [0, 0.1) is 6.92 Å². The molecular weight excluding hydrogens is 362 g/mol. The molecule has 1 aliphatic heterocycles. The fraction of sp³-hybridized carbons (Fsp3) is 0.286. The SMILES string of the molecule is Cc1cccc(-c2nc(CN3CCN(c4cccc(Cl)c4)CC3)cs2)c1. The Hall–Kier alpha value is -1.88. The number of aryl methyl sites for hydroxylation is 1. The summed E-state index contributed by atoms with van der Waals surface area (Å²) >= 11 is 7.85. The topological polar surface area (TPSA) is 19.4 Å². The smallest absolute Gasteiger partial charge is 0.123 e. The molecule has 0 aliphatic carbocycles. The quantitative estimate of drug-likeness (QED) is 0.625. The van der Waals surface area contributed by atoms with Gasteiger partial charge in [0, 0.05) is 54.4 Å². The predicted octanol–water partition coefficient (Wildman–Crippen LogP) is 5.09. The molecule has 0 amide bonds. The molecule has 1 aliphatic rings. The maximum atomic E-state index is 6.12. The fourth-order valence-corrected chi connectivity index (χ4v) is 4.35. The van der Waals surface area contributed by atoms with Gasteiger partial charge in [-0.3, -0.25) is 4.90 Å². The van der Waals surface area contributed by atoms with Gasteiger partial charge in [-0.25, -0.2) is 4.98 Å². The molecule has 3 aromatic rings. The molecule has 0 spiro atoms. The summed E-state index contributed by atoms with van der Waals surface area (Å²) in [5, 5.41) is 4.11. The molecule has 0 radical (unpaired) electrons. The minimum Gasteiger partial charge on any atom is -0.369 e. The highest BCUT2D eigenvalue weighted by Crippen LogP contribution is 2.26. The van der Waals surface area contributed by atoms with E-state index in [9.17, 15) is 0 Å². The fourth-order valence-electron chi connectivity index (χ4n) is 3.36. The summed E-state index contributed by atoms with van der Waals surface area (Å²) in [7, 11) is 0. The van der Waals surface area contributed by atoms with Gasteiger partial charge in [0.15, 0.2) is 0 Å². The maximum absolute atomic E-state index is 6.12. The first kappa shape index (κ1) is 17.5. The number of benzene rings is 2. The third kappa shape index (κ3) is 4.09. The van der Waals surface area contributed by atoms with Crippen molar-refractivity contribution in [1.82, 2.24) is 9.88 Å². The van der Waals surface area contributed by atoms with Gasteiger partial charge in [0.2, 0.25) is 0 Å². The summed E-state index contributed by atoms with van der Waals surface area (Å²) in [5.74, 6) is 0. The minimum absolute atomic E-state index is 0.802. The Morgan fingerprint density at radius 3 is 2.62 bits per heavy atom. The number of hydrogen-bond donors (Lipinski definition) is 0. The number of aromatic nitrogens is 1. The van der Waals surface area contributed by atoms with Crippen LogP contribution in [0.3, 0.4) is 0 Å². The van der Waals surface area contributed by atoms with E-state index < -0.39 is 0 Å². The van der Waals surface area contributed by atoms with Crippen LogP contribution in [-0.4, -0.2) is 36.1 Å². The highest BCUT2D eigenvalue weighted by atomic mass is 35.5. The average molecular weight is 384 g/mol. The van der Waals surface area contributed by atoms with Crippen molar-refractivity contribution in [2.24, 2.45) is 0 Å². The van der Waals surface area contributed by atoms with Crippen LogP contribution in [0.5, 0.6) is 0 Å². The van der Waals surface area contributed by atoms with Gasteiger partial charge in [0.05, 0.1) is 5.69 Å². The van der Waals surface area contributed by atoms with Crippen molar-refractivity contribution in [1.29, 1.82) is 0 Å². The predicted molar refractivity (Wildman–Crippen MR) is 111 cm³/mol. The molecule has 1 fully saturated rings. The molecule has 3 nitrogen and oxygen atoms in total. The lowest BCUT2D eigenvalue weighted by molar-refractivity contribution is 0.247. The molecule has 0 N–H and O–H groups in total. The summed E-state index contributed by atoms with van der Waals surface area (Å²) < 4.78 is 0. The summed E-state index contributed by atoms with van der Waals surface area (Å²) in [6.07, 6.45) is 0. The van der Waals surface area contributed by atoms with Crippen LogP contribution in [0.1, 0.15) is 11.3 Å². The monoisotopic (exact) mass is 383 g/mol. The van der Waals surface area contributed by atoms with Crippen LogP contribution in [0.2, 0.25) is 5.02 Å². The number of hydrogen-bond acceptors (Lipinski definition) is 4. The normalized spacial score (nSPS) is 15.4. The molecule has 0 unspecified atom stereocenters. The van der Waals surface area contributed by atoms with Crippen molar-refractivity contribution in [3.63, 3.8) is 0 Å². The van der Waals surface area contributed by atoms with Crippen LogP contribution in [-0.2, 0) is 6.54 Å². The molecular formula is C21H22ClN3S. The van der Waals surface area contributed by atoms with Crippen LogP contribution in [0.4, 0.5) is 5.69 Å². The van der Waals surface area contributed by atoms with Gasteiger partial charge >= 0.3 is 0 Å². The van der Waals surface area contributed by atoms with Gasteiger partial charge in [-0.15, -0.1) is 11.3 Å². The first-order valence-corrected chi connectivity index (χ1v) is 10.2. The Labute approximate surface area is 163 Å². The average Bonchev–Trinajstić information content (AvgIpc) is 3.11. The molecule has 1 saturated heterocycles. The Bertz CT molecular complexity index is 884. The molecule has 26 heavy (non-hydrogen) atoms. The van der Waals surface area contributed by atoms with Gasteiger partial charge in [-0.2, -0.15) is 0 Å². The number of rotatable bonds is 4. The van der Waals surface area contributed by atoms with Crippen LogP contribution in [0.25, 0.3) is 10.6 Å². The van der Waals surface area contributed by atoms with Gasteiger partial charge in [0.1, 0.15) is 5.01 Å². The zero-order valence-electron chi connectivity index (χ0n) is 14.9. The Kier molecular flexibility index (Phi) is 5.25.